The average Bonchev–Trinajstić information content (AvgIpc) is 3.57. The summed E-state index contributed by atoms with van der Waals surface area (Å²) in [6.07, 6.45) is 8.16. The molecule has 0 aromatic heterocycles. The van der Waals surface area contributed by atoms with Crippen LogP contribution in [0.2, 0.25) is 0 Å². The molecule has 2 saturated heterocycles. The van der Waals surface area contributed by atoms with E-state index in [1.54, 1.807) is 0 Å². The number of fused-ring (bicyclic) bond motifs is 23. The lowest BCUT2D eigenvalue weighted by atomic mass is 9.54. The van der Waals surface area contributed by atoms with Gasteiger partial charge in [-0.3, -0.25) is 4.79 Å². The van der Waals surface area contributed by atoms with Gasteiger partial charge in [-0.1, -0.05) is 12.2 Å². The lowest BCUT2D eigenvalue weighted by Gasteiger charge is -2.49. The summed E-state index contributed by atoms with van der Waals surface area (Å²) in [7, 11) is 1.45. The van der Waals surface area contributed by atoms with Crippen molar-refractivity contribution in [3.63, 3.8) is 0 Å². The summed E-state index contributed by atoms with van der Waals surface area (Å²) < 4.78 is 23.5. The van der Waals surface area contributed by atoms with Gasteiger partial charge in [-0.2, -0.15) is 0 Å². The number of hydrogen-bond acceptors (Lipinski definition) is 6. The molecule has 6 aliphatic carbocycles. The zero-order chi connectivity index (χ0) is 23.3. The number of hydrogen-bond donors (Lipinski definition) is 0. The summed E-state index contributed by atoms with van der Waals surface area (Å²) in [5, 5.41) is 0. The van der Waals surface area contributed by atoms with Crippen LogP contribution in [-0.4, -0.2) is 43.1 Å². The highest BCUT2D eigenvalue weighted by molar-refractivity contribution is 5.75. The first-order valence-corrected chi connectivity index (χ1v) is 13.6. The third-order valence-corrected chi connectivity index (χ3v) is 11.7. The Morgan fingerprint density at radius 2 is 1.35 bits per heavy atom. The lowest BCUT2D eigenvalue weighted by molar-refractivity contribution is -0.157. The van der Waals surface area contributed by atoms with Crippen LogP contribution >= 0.6 is 0 Å². The normalized spacial score (nSPS) is 58.2. The summed E-state index contributed by atoms with van der Waals surface area (Å²) in [4.78, 5) is 25.6. The van der Waals surface area contributed by atoms with Gasteiger partial charge in [0.15, 0.2) is 0 Å². The summed E-state index contributed by atoms with van der Waals surface area (Å²) in [5.74, 6) is 6.81. The molecule has 0 radical (unpaired) electrons. The first-order chi connectivity index (χ1) is 16.3. The van der Waals surface area contributed by atoms with Crippen LogP contribution in [0.25, 0.3) is 0 Å². The zero-order valence-electron chi connectivity index (χ0n) is 20.5. The molecule has 6 nitrogen and oxygen atoms in total. The first-order valence-electron chi connectivity index (χ1n) is 13.6. The fourth-order valence-electron chi connectivity index (χ4n) is 11.5. The van der Waals surface area contributed by atoms with E-state index in [0.717, 1.165) is 41.9 Å². The van der Waals surface area contributed by atoms with Crippen molar-refractivity contribution >= 4 is 12.1 Å². The molecule has 8 aliphatic rings. The molecule has 7 fully saturated rings. The highest BCUT2D eigenvalue weighted by Gasteiger charge is 2.79. The number of carbonyl (C=O) groups is 2. The van der Waals surface area contributed by atoms with Crippen LogP contribution in [0.1, 0.15) is 40.0 Å². The van der Waals surface area contributed by atoms with Crippen LogP contribution in [-0.2, 0) is 23.7 Å². The van der Waals surface area contributed by atoms with E-state index in [-0.39, 0.29) is 30.0 Å². The molecule has 2 heterocycles. The molecule has 16 unspecified atom stereocenters. The highest BCUT2D eigenvalue weighted by Crippen LogP contribution is 2.77. The van der Waals surface area contributed by atoms with Gasteiger partial charge in [0, 0.05) is 5.92 Å². The number of rotatable bonds is 2. The molecule has 0 N–H and O–H groups in total. The maximum absolute atomic E-state index is 13.0. The number of esters is 1. The molecule has 5 saturated carbocycles. The quantitative estimate of drug-likeness (QED) is 0.346. The zero-order valence-corrected chi connectivity index (χ0v) is 20.5. The van der Waals surface area contributed by atoms with E-state index in [1.807, 2.05) is 20.8 Å². The van der Waals surface area contributed by atoms with Crippen molar-refractivity contribution in [2.24, 2.45) is 76.9 Å². The van der Waals surface area contributed by atoms with Crippen molar-refractivity contribution in [2.75, 3.05) is 7.11 Å². The molecular formula is C28H36O6. The Morgan fingerprint density at radius 3 is 1.94 bits per heavy atom. The van der Waals surface area contributed by atoms with Crippen LogP contribution in [0.4, 0.5) is 4.79 Å². The number of carbonyl (C=O) groups excluding carboxylic acids is 2. The molecule has 0 aromatic carbocycles. The fourth-order valence-corrected chi connectivity index (χ4v) is 11.5. The van der Waals surface area contributed by atoms with Crippen LogP contribution in [0.5, 0.6) is 0 Å². The summed E-state index contributed by atoms with van der Waals surface area (Å²) in [5.41, 5.74) is -0.629. The predicted octanol–water partition coefficient (Wildman–Crippen LogP) is 4.08. The van der Waals surface area contributed by atoms with Crippen LogP contribution < -0.4 is 0 Å². The largest absolute Gasteiger partial charge is 0.509 e. The van der Waals surface area contributed by atoms with E-state index < -0.39 is 23.8 Å². The Bertz CT molecular complexity index is 982. The second kappa shape index (κ2) is 6.41. The topological polar surface area (TPSA) is 71.1 Å². The smallest absolute Gasteiger partial charge is 0.469 e. The van der Waals surface area contributed by atoms with Gasteiger partial charge >= 0.3 is 12.1 Å². The molecule has 8 bridgehead atoms. The molecule has 6 heteroatoms. The van der Waals surface area contributed by atoms with E-state index in [2.05, 4.69) is 12.2 Å². The standard InChI is InChI=1S/C28H36O6/c1-28(2,3)34-27(30)33-23-15-9-14(22(23)26(29)31-4)20-21(15)25-19-13-8-12(18(19)24(20)32-25)16-10-5-6-11(7-10)17(13)16/h5-6,10-25H,7-9H2,1-4H3. The molecule has 34 heavy (non-hydrogen) atoms. The molecule has 8 rings (SSSR count). The van der Waals surface area contributed by atoms with E-state index in [9.17, 15) is 9.59 Å². The SMILES string of the molecule is COC(=O)C1C2CC(C1OC(=O)OC(C)(C)C)C1C3OC(C21)C1C2CC(C4C5C=CC(C5)C24)C31. The maximum Gasteiger partial charge on any atom is 0.509 e. The minimum atomic E-state index is -0.672. The monoisotopic (exact) mass is 468 g/mol. The van der Waals surface area contributed by atoms with Gasteiger partial charge in [-0.25, -0.2) is 4.79 Å². The third kappa shape index (κ3) is 2.33. The van der Waals surface area contributed by atoms with Gasteiger partial charge in [0.25, 0.3) is 0 Å². The van der Waals surface area contributed by atoms with Crippen molar-refractivity contribution in [1.82, 2.24) is 0 Å². The van der Waals surface area contributed by atoms with E-state index in [0.29, 0.717) is 23.7 Å². The van der Waals surface area contributed by atoms with Gasteiger partial charge in [-0.15, -0.1) is 0 Å². The van der Waals surface area contributed by atoms with Crippen LogP contribution in [0, 0.1) is 76.9 Å². The van der Waals surface area contributed by atoms with Gasteiger partial charge < -0.3 is 18.9 Å². The molecule has 0 amide bonds. The Morgan fingerprint density at radius 1 is 0.794 bits per heavy atom. The Kier molecular flexibility index (Phi) is 3.88. The minimum Gasteiger partial charge on any atom is -0.469 e. The number of ether oxygens (including phenoxy) is 4. The summed E-state index contributed by atoms with van der Waals surface area (Å²) in [6, 6.07) is 0. The highest BCUT2D eigenvalue weighted by atomic mass is 16.7. The Balaban J connectivity index is 1.11. The Hall–Kier alpha value is -1.56. The lowest BCUT2D eigenvalue weighted by Crippen LogP contribution is -2.54. The fraction of sp³-hybridized carbons (Fsp3) is 0.857. The van der Waals surface area contributed by atoms with Crippen molar-refractivity contribution in [3.05, 3.63) is 12.2 Å². The van der Waals surface area contributed by atoms with Gasteiger partial charge in [0.1, 0.15) is 11.7 Å². The molecule has 0 aromatic rings. The van der Waals surface area contributed by atoms with E-state index in [4.69, 9.17) is 18.9 Å². The Labute approximate surface area is 201 Å². The molecule has 184 valence electrons. The van der Waals surface area contributed by atoms with Crippen LogP contribution in [0.3, 0.4) is 0 Å². The second-order valence-corrected chi connectivity index (χ2v) is 13.7. The van der Waals surface area contributed by atoms with Gasteiger partial charge in [-0.05, 0) is 105 Å². The first kappa shape index (κ1) is 20.6. The van der Waals surface area contributed by atoms with E-state index >= 15 is 0 Å². The van der Waals surface area contributed by atoms with Gasteiger partial charge in [0.05, 0.1) is 25.2 Å². The van der Waals surface area contributed by atoms with Gasteiger partial charge in [0.2, 0.25) is 0 Å². The number of allylic oxidation sites excluding steroid dienone is 2. The molecule has 16 atom stereocenters. The molecule has 2 aliphatic heterocycles. The second-order valence-electron chi connectivity index (χ2n) is 13.7. The van der Waals surface area contributed by atoms with Crippen molar-refractivity contribution in [3.8, 4) is 0 Å². The van der Waals surface area contributed by atoms with E-state index in [1.165, 1.54) is 20.0 Å². The van der Waals surface area contributed by atoms with Crippen molar-refractivity contribution in [1.29, 1.82) is 0 Å². The molecule has 0 spiro atoms. The van der Waals surface area contributed by atoms with Crippen molar-refractivity contribution < 1.29 is 28.5 Å². The van der Waals surface area contributed by atoms with Crippen LogP contribution in [0.15, 0.2) is 12.2 Å². The maximum atomic E-state index is 13.0. The minimum absolute atomic E-state index is 0.164. The molecular weight excluding hydrogens is 432 g/mol. The van der Waals surface area contributed by atoms with Crippen molar-refractivity contribution in [2.45, 2.75) is 63.9 Å². The summed E-state index contributed by atoms with van der Waals surface area (Å²) in [6.45, 7) is 5.50. The third-order valence-electron chi connectivity index (χ3n) is 11.7. The summed E-state index contributed by atoms with van der Waals surface area (Å²) >= 11 is 0. The average molecular weight is 469 g/mol. The number of methoxy groups -OCH3 is 1. The predicted molar refractivity (Wildman–Crippen MR) is 120 cm³/mol.